The Morgan fingerprint density at radius 3 is 2.50 bits per heavy atom. The smallest absolute Gasteiger partial charge is 0.133 e. The van der Waals surface area contributed by atoms with Crippen LogP contribution in [0.1, 0.15) is 78.6 Å². The lowest BCUT2D eigenvalue weighted by Crippen LogP contribution is -2.56. The van der Waals surface area contributed by atoms with Crippen LogP contribution in [0, 0.1) is 52.3 Å². The predicted molar refractivity (Wildman–Crippen MR) is 110 cm³/mol. The zero-order valence-corrected chi connectivity index (χ0v) is 18.2. The van der Waals surface area contributed by atoms with E-state index in [1.807, 2.05) is 6.92 Å². The van der Waals surface area contributed by atoms with Gasteiger partial charge in [-0.05, 0) is 99.2 Å². The third kappa shape index (κ3) is 3.07. The van der Waals surface area contributed by atoms with E-state index in [-0.39, 0.29) is 11.3 Å². The van der Waals surface area contributed by atoms with Gasteiger partial charge in [-0.3, -0.25) is 4.79 Å². The van der Waals surface area contributed by atoms with Gasteiger partial charge in [-0.25, -0.2) is 0 Å². The zero-order valence-electron chi connectivity index (χ0n) is 18.2. The van der Waals surface area contributed by atoms with Gasteiger partial charge in [0.15, 0.2) is 0 Å². The number of ether oxygens (including phenoxy) is 1. The number of rotatable bonds is 2. The number of ketones is 1. The third-order valence-corrected chi connectivity index (χ3v) is 9.75. The second-order valence-corrected chi connectivity index (χ2v) is 10.9. The molecule has 0 saturated heterocycles. The summed E-state index contributed by atoms with van der Waals surface area (Å²) in [6.07, 6.45) is 10.0. The highest BCUT2D eigenvalue weighted by molar-refractivity contribution is 5.79. The van der Waals surface area contributed by atoms with E-state index in [2.05, 4.69) is 25.7 Å². The van der Waals surface area contributed by atoms with E-state index in [9.17, 15) is 9.90 Å². The van der Waals surface area contributed by atoms with Crippen molar-refractivity contribution in [2.75, 3.05) is 13.7 Å². The van der Waals surface area contributed by atoms with Gasteiger partial charge in [0, 0.05) is 13.0 Å². The van der Waals surface area contributed by atoms with Crippen molar-refractivity contribution in [2.45, 2.75) is 84.2 Å². The minimum atomic E-state index is -0.828. The first kappa shape index (κ1) is 20.4. The maximum absolute atomic E-state index is 12.3. The van der Waals surface area contributed by atoms with Crippen LogP contribution in [0.15, 0.2) is 0 Å². The van der Waals surface area contributed by atoms with E-state index < -0.39 is 5.60 Å². The van der Waals surface area contributed by atoms with Gasteiger partial charge in [0.05, 0.1) is 0 Å². The molecule has 3 nitrogen and oxygen atoms in total. The minimum absolute atomic E-state index is 0.233. The molecule has 4 aliphatic carbocycles. The molecule has 8 atom stereocenters. The Kier molecular flexibility index (Phi) is 5.20. The number of hydrogen-bond donors (Lipinski definition) is 1. The molecule has 4 rings (SSSR count). The summed E-state index contributed by atoms with van der Waals surface area (Å²) in [7, 11) is 1.65. The number of hydrogen-bond acceptors (Lipinski definition) is 3. The van der Waals surface area contributed by atoms with Crippen LogP contribution in [0.25, 0.3) is 0 Å². The molecule has 4 fully saturated rings. The number of fused-ring (bicyclic) bond motifs is 5. The van der Waals surface area contributed by atoms with E-state index >= 15 is 0 Å². The van der Waals surface area contributed by atoms with E-state index in [1.165, 1.54) is 32.1 Å². The summed E-state index contributed by atoms with van der Waals surface area (Å²) in [5.74, 6) is 9.66. The number of carbonyl (C=O) groups is 1. The fraction of sp³-hybridized carbons (Fsp3) is 0.880. The molecule has 0 unspecified atom stereocenters. The number of Topliss-reactive ketones (excluding diaryl/α,β-unsaturated/α-hetero) is 1. The second-order valence-electron chi connectivity index (χ2n) is 10.9. The summed E-state index contributed by atoms with van der Waals surface area (Å²) in [4.78, 5) is 12.3. The first-order chi connectivity index (χ1) is 13.2. The molecular formula is C25H38O3. The molecule has 0 amide bonds. The van der Waals surface area contributed by atoms with Crippen molar-refractivity contribution in [1.29, 1.82) is 0 Å². The summed E-state index contributed by atoms with van der Waals surface area (Å²) in [6, 6.07) is 0. The molecule has 0 spiro atoms. The van der Waals surface area contributed by atoms with Crippen LogP contribution in [-0.4, -0.2) is 30.2 Å². The van der Waals surface area contributed by atoms with Crippen molar-refractivity contribution in [3.05, 3.63) is 0 Å². The van der Waals surface area contributed by atoms with Crippen molar-refractivity contribution in [2.24, 2.45) is 40.4 Å². The summed E-state index contributed by atoms with van der Waals surface area (Å²) < 4.78 is 5.04. The topological polar surface area (TPSA) is 46.5 Å². The average Bonchev–Trinajstić information content (AvgIpc) is 3.00. The van der Waals surface area contributed by atoms with Gasteiger partial charge in [-0.15, -0.1) is 0 Å². The van der Waals surface area contributed by atoms with Crippen LogP contribution in [-0.2, 0) is 9.53 Å². The Balaban J connectivity index is 1.54. The predicted octanol–water partition coefficient (Wildman–Crippen LogP) is 4.62. The Hall–Kier alpha value is -0.850. The standard InChI is InChI=1S/C25H38O3/c1-17(26)20-8-9-21-19-7-6-18-16-25(27,11-5-15-28-4)14-13-23(18,2)22(19)10-12-24(20,21)3/h18-22,27H,6-10,12-16H2,1-4H3/t18-,19-,20+,21-,22-,23-,24+,25+/m0/s1. The van der Waals surface area contributed by atoms with Gasteiger partial charge < -0.3 is 9.84 Å². The Morgan fingerprint density at radius 2 is 1.79 bits per heavy atom. The maximum Gasteiger partial charge on any atom is 0.133 e. The van der Waals surface area contributed by atoms with Crippen LogP contribution >= 0.6 is 0 Å². The molecule has 0 bridgehead atoms. The molecule has 0 aliphatic heterocycles. The van der Waals surface area contributed by atoms with Crippen molar-refractivity contribution >= 4 is 5.78 Å². The van der Waals surface area contributed by atoms with Gasteiger partial charge in [-0.2, -0.15) is 0 Å². The molecule has 0 aromatic heterocycles. The van der Waals surface area contributed by atoms with E-state index in [4.69, 9.17) is 4.74 Å². The summed E-state index contributed by atoms with van der Waals surface area (Å²) in [6.45, 7) is 7.14. The van der Waals surface area contributed by atoms with Crippen molar-refractivity contribution in [1.82, 2.24) is 0 Å². The molecular weight excluding hydrogens is 348 g/mol. The second kappa shape index (κ2) is 7.13. The Labute approximate surface area is 171 Å². The van der Waals surface area contributed by atoms with Crippen LogP contribution < -0.4 is 0 Å². The van der Waals surface area contributed by atoms with Gasteiger partial charge in [0.25, 0.3) is 0 Å². The minimum Gasteiger partial charge on any atom is -0.378 e. The van der Waals surface area contributed by atoms with Crippen LogP contribution in [0.4, 0.5) is 0 Å². The van der Waals surface area contributed by atoms with Gasteiger partial charge in [0.2, 0.25) is 0 Å². The SMILES string of the molecule is COCC#C[C@@]1(O)CC[C@@]2(C)[C@@H](CC[C@@H]3[C@@H]2CC[C@]2(C)[C@@H](C(C)=O)CC[C@@H]32)C1. The summed E-state index contributed by atoms with van der Waals surface area (Å²) in [5, 5.41) is 11.1. The van der Waals surface area contributed by atoms with E-state index in [0.29, 0.717) is 23.7 Å². The first-order valence-corrected chi connectivity index (χ1v) is 11.5. The van der Waals surface area contributed by atoms with Gasteiger partial charge in [0.1, 0.15) is 18.0 Å². The highest BCUT2D eigenvalue weighted by Gasteiger charge is 2.61. The van der Waals surface area contributed by atoms with Gasteiger partial charge in [-0.1, -0.05) is 25.7 Å². The fourth-order valence-corrected chi connectivity index (χ4v) is 8.30. The Morgan fingerprint density at radius 1 is 1.04 bits per heavy atom. The molecule has 156 valence electrons. The average molecular weight is 387 g/mol. The lowest BCUT2D eigenvalue weighted by Gasteiger charge is -2.61. The quantitative estimate of drug-likeness (QED) is 0.705. The molecule has 0 radical (unpaired) electrons. The molecule has 0 aromatic carbocycles. The van der Waals surface area contributed by atoms with Crippen molar-refractivity contribution in [3.8, 4) is 11.8 Å². The third-order valence-electron chi connectivity index (χ3n) is 9.75. The molecule has 0 aromatic rings. The number of methoxy groups -OCH3 is 1. The van der Waals surface area contributed by atoms with Crippen molar-refractivity contribution in [3.63, 3.8) is 0 Å². The monoisotopic (exact) mass is 386 g/mol. The van der Waals surface area contributed by atoms with Gasteiger partial charge >= 0.3 is 0 Å². The molecule has 3 heteroatoms. The van der Waals surface area contributed by atoms with Crippen LogP contribution in [0.3, 0.4) is 0 Å². The van der Waals surface area contributed by atoms with E-state index in [0.717, 1.165) is 43.4 Å². The highest BCUT2D eigenvalue weighted by Crippen LogP contribution is 2.68. The lowest BCUT2D eigenvalue weighted by molar-refractivity contribution is -0.144. The zero-order chi connectivity index (χ0) is 20.2. The normalized spacial score (nSPS) is 50.0. The molecule has 4 aliphatic rings. The Bertz CT molecular complexity index is 690. The van der Waals surface area contributed by atoms with Crippen molar-refractivity contribution < 1.29 is 14.6 Å². The van der Waals surface area contributed by atoms with E-state index in [1.54, 1.807) is 7.11 Å². The highest BCUT2D eigenvalue weighted by atomic mass is 16.5. The fourth-order valence-electron chi connectivity index (χ4n) is 8.30. The number of carbonyl (C=O) groups excluding carboxylic acids is 1. The molecule has 1 N–H and O–H groups in total. The van der Waals surface area contributed by atoms with Crippen LogP contribution in [0.2, 0.25) is 0 Å². The molecule has 0 heterocycles. The summed E-state index contributed by atoms with van der Waals surface area (Å²) >= 11 is 0. The summed E-state index contributed by atoms with van der Waals surface area (Å²) in [5.41, 5.74) is -0.267. The lowest BCUT2D eigenvalue weighted by atomic mass is 9.44. The number of aliphatic hydroxyl groups is 1. The van der Waals surface area contributed by atoms with Crippen LogP contribution in [0.5, 0.6) is 0 Å². The largest absolute Gasteiger partial charge is 0.378 e. The first-order valence-electron chi connectivity index (χ1n) is 11.5. The maximum atomic E-state index is 12.3. The molecule has 28 heavy (non-hydrogen) atoms. The molecule has 4 saturated carbocycles.